The van der Waals surface area contributed by atoms with Crippen LogP contribution in [0.4, 0.5) is 0 Å². The Morgan fingerprint density at radius 3 is 2.90 bits per heavy atom. The minimum atomic E-state index is -0.542. The lowest BCUT2D eigenvalue weighted by Crippen LogP contribution is -2.11. The number of hydrogen-bond acceptors (Lipinski definition) is 4. The van der Waals surface area contributed by atoms with Gasteiger partial charge >= 0.3 is 5.97 Å². The molecule has 1 aromatic heterocycles. The second-order valence-electron chi connectivity index (χ2n) is 4.54. The van der Waals surface area contributed by atoms with Crippen molar-refractivity contribution in [2.75, 3.05) is 6.61 Å². The smallest absolute Gasteiger partial charge is 0.339 e. The molecule has 1 atom stereocenters. The maximum Gasteiger partial charge on any atom is 0.339 e. The number of nitriles is 1. The summed E-state index contributed by atoms with van der Waals surface area (Å²) < 4.78 is 5.09. The first-order chi connectivity index (χ1) is 10.1. The second-order valence-corrected chi connectivity index (χ2v) is 4.95. The van der Waals surface area contributed by atoms with Crippen LogP contribution in [0.1, 0.15) is 17.3 Å². The molecule has 0 bridgehead atoms. The van der Waals surface area contributed by atoms with Crippen molar-refractivity contribution in [3.63, 3.8) is 0 Å². The molecule has 106 valence electrons. The first kappa shape index (κ1) is 15.0. The number of carbonyl (C=O) groups is 1. The molecule has 0 spiro atoms. The van der Waals surface area contributed by atoms with Gasteiger partial charge in [-0.2, -0.15) is 5.26 Å². The molecule has 5 heteroatoms. The Hall–Kier alpha value is -2.38. The second kappa shape index (κ2) is 6.87. The highest BCUT2D eigenvalue weighted by molar-refractivity contribution is 6.33. The Morgan fingerprint density at radius 1 is 1.43 bits per heavy atom. The fourth-order valence-corrected chi connectivity index (χ4v) is 1.88. The molecule has 0 aliphatic rings. The van der Waals surface area contributed by atoms with Gasteiger partial charge in [-0.25, -0.2) is 4.79 Å². The van der Waals surface area contributed by atoms with Crippen molar-refractivity contribution in [2.24, 2.45) is 5.92 Å². The number of rotatable bonds is 4. The zero-order valence-corrected chi connectivity index (χ0v) is 12.2. The fraction of sp³-hybridized carbons (Fsp3) is 0.188. The molecule has 0 aliphatic carbocycles. The summed E-state index contributed by atoms with van der Waals surface area (Å²) in [7, 11) is 0. The summed E-state index contributed by atoms with van der Waals surface area (Å²) in [5, 5.41) is 9.00. The van der Waals surface area contributed by atoms with Crippen LogP contribution in [0.15, 0.2) is 42.6 Å². The van der Waals surface area contributed by atoms with E-state index in [2.05, 4.69) is 4.98 Å². The average Bonchev–Trinajstić information content (AvgIpc) is 2.53. The Morgan fingerprint density at radius 2 is 2.24 bits per heavy atom. The third-order valence-electron chi connectivity index (χ3n) is 2.83. The van der Waals surface area contributed by atoms with Gasteiger partial charge in [-0.05, 0) is 31.2 Å². The molecule has 0 aliphatic heterocycles. The van der Waals surface area contributed by atoms with Crippen LogP contribution < -0.4 is 0 Å². The van der Waals surface area contributed by atoms with Crippen molar-refractivity contribution >= 4 is 17.6 Å². The lowest BCUT2D eigenvalue weighted by molar-refractivity contribution is 0.0476. The summed E-state index contributed by atoms with van der Waals surface area (Å²) in [6.45, 7) is 1.72. The first-order valence-corrected chi connectivity index (χ1v) is 6.77. The summed E-state index contributed by atoms with van der Waals surface area (Å²) in [4.78, 5) is 16.3. The summed E-state index contributed by atoms with van der Waals surface area (Å²) >= 11 is 6.04. The number of benzene rings is 1. The average molecular weight is 301 g/mol. The lowest BCUT2D eigenvalue weighted by atomic mass is 10.1. The van der Waals surface area contributed by atoms with E-state index in [1.54, 1.807) is 31.3 Å². The number of ether oxygens (including phenoxy) is 1. The van der Waals surface area contributed by atoms with E-state index in [1.165, 1.54) is 0 Å². The highest BCUT2D eigenvalue weighted by atomic mass is 35.5. The summed E-state index contributed by atoms with van der Waals surface area (Å²) in [6, 6.07) is 12.6. The van der Waals surface area contributed by atoms with E-state index in [4.69, 9.17) is 21.6 Å². The van der Waals surface area contributed by atoms with E-state index >= 15 is 0 Å². The van der Waals surface area contributed by atoms with Crippen LogP contribution >= 0.6 is 11.6 Å². The number of aromatic nitrogens is 1. The number of hydrogen-bond donors (Lipinski definition) is 0. The van der Waals surface area contributed by atoms with Crippen molar-refractivity contribution < 1.29 is 9.53 Å². The van der Waals surface area contributed by atoms with E-state index < -0.39 is 5.97 Å². The third kappa shape index (κ3) is 3.80. The molecule has 2 aromatic rings. The molecular weight excluding hydrogens is 288 g/mol. The van der Waals surface area contributed by atoms with Crippen molar-refractivity contribution in [3.8, 4) is 17.3 Å². The molecule has 0 fully saturated rings. The highest BCUT2D eigenvalue weighted by Crippen LogP contribution is 2.24. The Labute approximate surface area is 128 Å². The van der Waals surface area contributed by atoms with Gasteiger partial charge in [0.25, 0.3) is 0 Å². The van der Waals surface area contributed by atoms with Gasteiger partial charge in [0.2, 0.25) is 0 Å². The molecule has 1 heterocycles. The van der Waals surface area contributed by atoms with E-state index in [-0.39, 0.29) is 18.1 Å². The van der Waals surface area contributed by atoms with Crippen molar-refractivity contribution in [1.82, 2.24) is 4.98 Å². The minimum Gasteiger partial charge on any atom is -0.461 e. The van der Waals surface area contributed by atoms with Gasteiger partial charge in [-0.3, -0.25) is 4.98 Å². The molecule has 0 N–H and O–H groups in total. The van der Waals surface area contributed by atoms with E-state index in [0.29, 0.717) is 5.02 Å². The van der Waals surface area contributed by atoms with Gasteiger partial charge in [-0.1, -0.05) is 23.7 Å². The maximum atomic E-state index is 12.0. The predicted octanol–water partition coefficient (Wildman–Crippen LogP) is 3.72. The van der Waals surface area contributed by atoms with Gasteiger partial charge in [0, 0.05) is 11.8 Å². The number of carbonyl (C=O) groups excluding carboxylic acids is 1. The summed E-state index contributed by atoms with van der Waals surface area (Å²) in [6.07, 6.45) is 1.68. The number of pyridine rings is 1. The SMILES string of the molecule is C[C@H](C#N)COC(=O)c1cc(-c2ccccn2)ccc1Cl. The minimum absolute atomic E-state index is 0.0411. The van der Waals surface area contributed by atoms with E-state index in [1.807, 2.05) is 24.3 Å². The first-order valence-electron chi connectivity index (χ1n) is 6.39. The van der Waals surface area contributed by atoms with Crippen LogP contribution in [-0.2, 0) is 4.74 Å². The lowest BCUT2D eigenvalue weighted by Gasteiger charge is -2.09. The van der Waals surface area contributed by atoms with Gasteiger partial charge in [0.05, 0.1) is 28.3 Å². The van der Waals surface area contributed by atoms with Crippen molar-refractivity contribution in [3.05, 3.63) is 53.2 Å². The topological polar surface area (TPSA) is 63.0 Å². The summed E-state index contributed by atoms with van der Waals surface area (Å²) in [5.74, 6) is -0.897. The monoisotopic (exact) mass is 300 g/mol. The molecule has 2 rings (SSSR count). The van der Waals surface area contributed by atoms with Gasteiger partial charge < -0.3 is 4.74 Å². The Balaban J connectivity index is 2.24. The van der Waals surface area contributed by atoms with Crippen LogP contribution in [0.25, 0.3) is 11.3 Å². The molecule has 0 saturated carbocycles. The zero-order valence-electron chi connectivity index (χ0n) is 11.4. The van der Waals surface area contributed by atoms with Crippen LogP contribution in [0, 0.1) is 17.2 Å². The van der Waals surface area contributed by atoms with E-state index in [9.17, 15) is 4.79 Å². The number of halogens is 1. The zero-order chi connectivity index (χ0) is 15.2. The van der Waals surface area contributed by atoms with Gasteiger partial charge in [0.1, 0.15) is 6.61 Å². The van der Waals surface area contributed by atoms with Crippen LogP contribution in [0.3, 0.4) is 0 Å². The summed E-state index contributed by atoms with van der Waals surface area (Å²) in [5.41, 5.74) is 1.79. The maximum absolute atomic E-state index is 12.0. The van der Waals surface area contributed by atoms with E-state index in [0.717, 1.165) is 11.3 Å². The standard InChI is InChI=1S/C16H13ClN2O2/c1-11(9-18)10-21-16(20)13-8-12(5-6-14(13)17)15-4-2-3-7-19-15/h2-8,11H,10H2,1H3/t11-/m1/s1. The largest absolute Gasteiger partial charge is 0.461 e. The molecule has 1 aromatic carbocycles. The molecule has 21 heavy (non-hydrogen) atoms. The van der Waals surface area contributed by atoms with Gasteiger partial charge in [-0.15, -0.1) is 0 Å². The third-order valence-corrected chi connectivity index (χ3v) is 3.16. The molecular formula is C16H13ClN2O2. The highest BCUT2D eigenvalue weighted by Gasteiger charge is 2.15. The number of nitrogens with zero attached hydrogens (tertiary/aromatic N) is 2. The fourth-order valence-electron chi connectivity index (χ4n) is 1.69. The van der Waals surface area contributed by atoms with Crippen molar-refractivity contribution in [2.45, 2.75) is 6.92 Å². The number of esters is 1. The molecule has 4 nitrogen and oxygen atoms in total. The Kier molecular flexibility index (Phi) is 4.91. The molecule has 0 unspecified atom stereocenters. The van der Waals surface area contributed by atoms with Crippen LogP contribution in [-0.4, -0.2) is 17.6 Å². The predicted molar refractivity (Wildman–Crippen MR) is 79.7 cm³/mol. The van der Waals surface area contributed by atoms with Crippen molar-refractivity contribution in [1.29, 1.82) is 5.26 Å². The van der Waals surface area contributed by atoms with Gasteiger partial charge in [0.15, 0.2) is 0 Å². The normalized spacial score (nSPS) is 11.5. The quantitative estimate of drug-likeness (QED) is 0.807. The van der Waals surface area contributed by atoms with Crippen LogP contribution in [0.5, 0.6) is 0 Å². The molecule has 0 saturated heterocycles. The Bertz CT molecular complexity index is 680. The molecule has 0 radical (unpaired) electrons. The molecule has 0 amide bonds. The van der Waals surface area contributed by atoms with Crippen LogP contribution in [0.2, 0.25) is 5.02 Å².